The molecule has 0 aromatic carbocycles. The van der Waals surface area contributed by atoms with Crippen molar-refractivity contribution in [2.24, 2.45) is 5.11 Å². The van der Waals surface area contributed by atoms with Crippen LogP contribution in [0.1, 0.15) is 5.56 Å². The summed E-state index contributed by atoms with van der Waals surface area (Å²) in [7, 11) is 0. The van der Waals surface area contributed by atoms with Gasteiger partial charge in [0.1, 0.15) is 0 Å². The molecule has 6 heteroatoms. The Hall–Kier alpha value is -2.12. The molecule has 1 rings (SSSR count). The van der Waals surface area contributed by atoms with Gasteiger partial charge in [0.25, 0.3) is 0 Å². The van der Waals surface area contributed by atoms with Crippen LogP contribution in [0.15, 0.2) is 17.5 Å². The van der Waals surface area contributed by atoms with Crippen molar-refractivity contribution in [1.29, 1.82) is 0 Å². The highest BCUT2D eigenvalue weighted by Gasteiger charge is 1.90. The standard InChI is InChI=1S/C7H4FN5/c8-7-10-4-6(5-11-7)2-1-3-12-13-9/h4-5H,3H2. The van der Waals surface area contributed by atoms with E-state index in [1.54, 1.807) is 0 Å². The maximum Gasteiger partial charge on any atom is 0.308 e. The van der Waals surface area contributed by atoms with Crippen molar-refractivity contribution in [2.45, 2.75) is 0 Å². The fraction of sp³-hybridized carbons (Fsp3) is 0.143. The van der Waals surface area contributed by atoms with Gasteiger partial charge in [0, 0.05) is 17.3 Å². The Balaban J connectivity index is 2.66. The molecule has 0 bridgehead atoms. The average molecular weight is 177 g/mol. The molecule has 0 N–H and O–H groups in total. The van der Waals surface area contributed by atoms with Crippen molar-refractivity contribution < 1.29 is 4.39 Å². The van der Waals surface area contributed by atoms with Gasteiger partial charge in [-0.25, -0.2) is 9.97 Å². The van der Waals surface area contributed by atoms with Gasteiger partial charge in [-0.1, -0.05) is 17.0 Å². The van der Waals surface area contributed by atoms with Crippen LogP contribution >= 0.6 is 0 Å². The number of rotatable bonds is 1. The first-order chi connectivity index (χ1) is 6.33. The normalized spacial score (nSPS) is 8.08. The lowest BCUT2D eigenvalue weighted by Gasteiger charge is -1.86. The van der Waals surface area contributed by atoms with Crippen LogP contribution in [0.2, 0.25) is 0 Å². The van der Waals surface area contributed by atoms with E-state index in [0.29, 0.717) is 5.56 Å². The number of azide groups is 1. The summed E-state index contributed by atoms with van der Waals surface area (Å²) >= 11 is 0. The number of hydrogen-bond donors (Lipinski definition) is 0. The summed E-state index contributed by atoms with van der Waals surface area (Å²) in [6, 6.07) is 0. The van der Waals surface area contributed by atoms with Crippen LogP contribution in [-0.4, -0.2) is 16.5 Å². The Morgan fingerprint density at radius 3 is 2.85 bits per heavy atom. The summed E-state index contributed by atoms with van der Waals surface area (Å²) in [5, 5.41) is 3.20. The van der Waals surface area contributed by atoms with E-state index in [9.17, 15) is 4.39 Å². The van der Waals surface area contributed by atoms with E-state index in [4.69, 9.17) is 5.53 Å². The largest absolute Gasteiger partial charge is 0.308 e. The van der Waals surface area contributed by atoms with Gasteiger partial charge in [-0.3, -0.25) is 0 Å². The van der Waals surface area contributed by atoms with Gasteiger partial charge in [-0.15, -0.1) is 0 Å². The molecular weight excluding hydrogens is 173 g/mol. The predicted octanol–water partition coefficient (Wildman–Crippen LogP) is 1.28. The first kappa shape index (κ1) is 8.97. The predicted molar refractivity (Wildman–Crippen MR) is 42.9 cm³/mol. The molecule has 0 atom stereocenters. The van der Waals surface area contributed by atoms with E-state index in [2.05, 4.69) is 31.8 Å². The molecule has 64 valence electrons. The second-order valence-electron chi connectivity index (χ2n) is 1.93. The first-order valence-electron chi connectivity index (χ1n) is 3.30. The van der Waals surface area contributed by atoms with Crippen molar-refractivity contribution in [2.75, 3.05) is 6.54 Å². The van der Waals surface area contributed by atoms with Gasteiger partial charge >= 0.3 is 6.08 Å². The topological polar surface area (TPSA) is 74.5 Å². The van der Waals surface area contributed by atoms with Crippen LogP contribution in [0.3, 0.4) is 0 Å². The van der Waals surface area contributed by atoms with Crippen molar-refractivity contribution in [1.82, 2.24) is 9.97 Å². The number of halogens is 1. The van der Waals surface area contributed by atoms with Crippen molar-refractivity contribution in [3.8, 4) is 11.8 Å². The van der Waals surface area contributed by atoms with Gasteiger partial charge in [0.05, 0.1) is 12.1 Å². The molecule has 0 aliphatic heterocycles. The lowest BCUT2D eigenvalue weighted by molar-refractivity contribution is 0.538. The fourth-order valence-corrected chi connectivity index (χ4v) is 0.585. The van der Waals surface area contributed by atoms with Gasteiger partial charge < -0.3 is 0 Å². The Morgan fingerprint density at radius 2 is 2.23 bits per heavy atom. The average Bonchev–Trinajstić information content (AvgIpc) is 2.15. The molecule has 13 heavy (non-hydrogen) atoms. The minimum Gasteiger partial charge on any atom is -0.209 e. The molecule has 1 aromatic rings. The first-order valence-corrected chi connectivity index (χ1v) is 3.30. The Kier molecular flexibility index (Phi) is 3.24. The maximum atomic E-state index is 12.2. The summed E-state index contributed by atoms with van der Waals surface area (Å²) in [4.78, 5) is 9.10. The SMILES string of the molecule is [N-]=[N+]=NCC#Cc1cnc(F)nc1. The highest BCUT2D eigenvalue weighted by Crippen LogP contribution is 1.91. The Morgan fingerprint density at radius 1 is 1.54 bits per heavy atom. The molecule has 1 aromatic heterocycles. The molecule has 0 amide bonds. The summed E-state index contributed by atoms with van der Waals surface area (Å²) in [5.41, 5.74) is 8.40. The van der Waals surface area contributed by atoms with Gasteiger partial charge in [0.2, 0.25) is 0 Å². The summed E-state index contributed by atoms with van der Waals surface area (Å²) in [6.07, 6.45) is 1.72. The monoisotopic (exact) mass is 177 g/mol. The second-order valence-corrected chi connectivity index (χ2v) is 1.93. The van der Waals surface area contributed by atoms with Gasteiger partial charge in [-0.2, -0.15) is 4.39 Å². The van der Waals surface area contributed by atoms with E-state index < -0.39 is 6.08 Å². The molecular formula is C7H4FN5. The van der Waals surface area contributed by atoms with Crippen LogP contribution in [0.4, 0.5) is 4.39 Å². The third-order valence-electron chi connectivity index (χ3n) is 1.07. The molecule has 0 spiro atoms. The van der Waals surface area contributed by atoms with E-state index >= 15 is 0 Å². The highest BCUT2D eigenvalue weighted by molar-refractivity contribution is 5.29. The smallest absolute Gasteiger partial charge is 0.209 e. The lowest BCUT2D eigenvalue weighted by atomic mass is 10.3. The van der Waals surface area contributed by atoms with Gasteiger partial charge in [-0.05, 0) is 5.53 Å². The van der Waals surface area contributed by atoms with Crippen LogP contribution in [0.25, 0.3) is 10.4 Å². The lowest BCUT2D eigenvalue weighted by Crippen LogP contribution is -1.88. The van der Waals surface area contributed by atoms with Crippen LogP contribution in [0.5, 0.6) is 0 Å². The number of nitrogens with zero attached hydrogens (tertiary/aromatic N) is 5. The van der Waals surface area contributed by atoms with Crippen molar-refractivity contribution in [3.63, 3.8) is 0 Å². The summed E-state index contributed by atoms with van der Waals surface area (Å²) in [6.45, 7) is 0.0773. The zero-order chi connectivity index (χ0) is 9.52. The van der Waals surface area contributed by atoms with Crippen molar-refractivity contribution >= 4 is 0 Å². The zero-order valence-electron chi connectivity index (χ0n) is 6.48. The Bertz CT molecular complexity index is 382. The molecule has 0 saturated carbocycles. The molecule has 0 aliphatic carbocycles. The second kappa shape index (κ2) is 4.70. The molecule has 1 heterocycles. The van der Waals surface area contributed by atoms with Crippen molar-refractivity contribution in [3.05, 3.63) is 34.5 Å². The van der Waals surface area contributed by atoms with E-state index in [0.717, 1.165) is 0 Å². The third-order valence-corrected chi connectivity index (χ3v) is 1.07. The van der Waals surface area contributed by atoms with E-state index in [1.807, 2.05) is 0 Å². The van der Waals surface area contributed by atoms with Crippen LogP contribution < -0.4 is 0 Å². The number of hydrogen-bond acceptors (Lipinski definition) is 3. The molecule has 5 nitrogen and oxygen atoms in total. The molecule has 0 unspecified atom stereocenters. The minimum absolute atomic E-state index is 0.0773. The zero-order valence-corrected chi connectivity index (χ0v) is 6.48. The van der Waals surface area contributed by atoms with E-state index in [1.165, 1.54) is 12.4 Å². The minimum atomic E-state index is -0.791. The third kappa shape index (κ3) is 3.18. The fourth-order valence-electron chi connectivity index (χ4n) is 0.585. The summed E-state index contributed by atoms with van der Waals surface area (Å²) < 4.78 is 12.2. The van der Waals surface area contributed by atoms with Crippen LogP contribution in [0, 0.1) is 17.9 Å². The molecule has 0 aliphatic rings. The Labute approximate surface area is 73.3 Å². The molecule has 0 fully saturated rings. The number of aromatic nitrogens is 2. The molecule has 0 saturated heterocycles. The summed E-state index contributed by atoms with van der Waals surface area (Å²) in [5.74, 6) is 5.15. The van der Waals surface area contributed by atoms with E-state index in [-0.39, 0.29) is 6.54 Å². The molecule has 0 radical (unpaired) electrons. The van der Waals surface area contributed by atoms with Crippen LogP contribution in [-0.2, 0) is 0 Å². The van der Waals surface area contributed by atoms with Gasteiger partial charge in [0.15, 0.2) is 0 Å². The highest BCUT2D eigenvalue weighted by atomic mass is 19.1. The maximum absolute atomic E-state index is 12.2. The quantitative estimate of drug-likeness (QED) is 0.213.